The summed E-state index contributed by atoms with van der Waals surface area (Å²) in [5.41, 5.74) is 0.411. The molecule has 0 spiro atoms. The second kappa shape index (κ2) is 5.10. The first-order valence-electron chi connectivity index (χ1n) is 6.01. The quantitative estimate of drug-likeness (QED) is 0.808. The SMILES string of the molecule is C[C@@H]1CN(c2ncc(C#N)cn2)[C@@H](C)CN1C(=O)O. The molecule has 1 aliphatic heterocycles. The lowest BCUT2D eigenvalue weighted by molar-refractivity contribution is 0.114. The van der Waals surface area contributed by atoms with Gasteiger partial charge in [-0.05, 0) is 13.8 Å². The number of hydrogen-bond donors (Lipinski definition) is 1. The molecule has 0 radical (unpaired) electrons. The van der Waals surface area contributed by atoms with Crippen LogP contribution in [-0.4, -0.2) is 51.2 Å². The summed E-state index contributed by atoms with van der Waals surface area (Å²) >= 11 is 0. The number of carboxylic acid groups (broad SMARTS) is 1. The monoisotopic (exact) mass is 261 g/mol. The number of hydrogen-bond acceptors (Lipinski definition) is 5. The highest BCUT2D eigenvalue weighted by Gasteiger charge is 2.32. The number of aromatic nitrogens is 2. The first-order valence-corrected chi connectivity index (χ1v) is 6.01. The zero-order chi connectivity index (χ0) is 14.0. The van der Waals surface area contributed by atoms with Gasteiger partial charge in [-0.1, -0.05) is 0 Å². The van der Waals surface area contributed by atoms with Gasteiger partial charge in [-0.3, -0.25) is 0 Å². The summed E-state index contributed by atoms with van der Waals surface area (Å²) in [7, 11) is 0. The maximum absolute atomic E-state index is 11.1. The Balaban J connectivity index is 2.17. The van der Waals surface area contributed by atoms with Crippen LogP contribution in [0.1, 0.15) is 19.4 Å². The molecule has 0 aromatic carbocycles. The van der Waals surface area contributed by atoms with E-state index in [1.165, 1.54) is 17.3 Å². The van der Waals surface area contributed by atoms with E-state index in [1.807, 2.05) is 24.8 Å². The average molecular weight is 261 g/mol. The fourth-order valence-corrected chi connectivity index (χ4v) is 2.20. The normalized spacial score (nSPS) is 23.0. The molecule has 0 saturated carbocycles. The summed E-state index contributed by atoms with van der Waals surface area (Å²) in [5, 5.41) is 17.8. The average Bonchev–Trinajstić information content (AvgIpc) is 2.41. The molecule has 0 bridgehead atoms. The van der Waals surface area contributed by atoms with Crippen molar-refractivity contribution < 1.29 is 9.90 Å². The predicted octanol–water partition coefficient (Wildman–Crippen LogP) is 0.925. The van der Waals surface area contributed by atoms with Crippen LogP contribution in [0.4, 0.5) is 10.7 Å². The third-order valence-electron chi connectivity index (χ3n) is 3.26. The van der Waals surface area contributed by atoms with E-state index in [1.54, 1.807) is 0 Å². The standard InChI is InChI=1S/C12H15N5O2/c1-8-7-17(12(18)19)9(2)6-16(8)11-14-4-10(3-13)5-15-11/h4-5,8-9H,6-7H2,1-2H3,(H,18,19)/t8-,9+/m0/s1. The van der Waals surface area contributed by atoms with Gasteiger partial charge in [0.05, 0.1) is 18.0 Å². The van der Waals surface area contributed by atoms with Gasteiger partial charge in [0.2, 0.25) is 5.95 Å². The molecule has 2 rings (SSSR count). The Bertz CT molecular complexity index is 510. The van der Waals surface area contributed by atoms with Gasteiger partial charge in [-0.15, -0.1) is 0 Å². The number of carbonyl (C=O) groups is 1. The van der Waals surface area contributed by atoms with E-state index < -0.39 is 6.09 Å². The van der Waals surface area contributed by atoms with E-state index in [9.17, 15) is 4.79 Å². The molecule has 0 unspecified atom stereocenters. The minimum absolute atomic E-state index is 0.000218. The maximum Gasteiger partial charge on any atom is 0.407 e. The molecule has 1 fully saturated rings. The molecule has 19 heavy (non-hydrogen) atoms. The highest BCUT2D eigenvalue weighted by atomic mass is 16.4. The summed E-state index contributed by atoms with van der Waals surface area (Å²) in [6.07, 6.45) is 2.05. The molecule has 7 heteroatoms. The number of anilines is 1. The number of nitriles is 1. The molecule has 2 atom stereocenters. The van der Waals surface area contributed by atoms with Crippen molar-refractivity contribution in [1.82, 2.24) is 14.9 Å². The van der Waals surface area contributed by atoms with Gasteiger partial charge < -0.3 is 14.9 Å². The van der Waals surface area contributed by atoms with Crippen molar-refractivity contribution in [3.63, 3.8) is 0 Å². The largest absolute Gasteiger partial charge is 0.465 e. The Morgan fingerprint density at radius 2 is 2.00 bits per heavy atom. The zero-order valence-corrected chi connectivity index (χ0v) is 10.8. The van der Waals surface area contributed by atoms with Crippen LogP contribution in [0.25, 0.3) is 0 Å². The van der Waals surface area contributed by atoms with Crippen molar-refractivity contribution in [3.8, 4) is 6.07 Å². The Morgan fingerprint density at radius 3 is 2.53 bits per heavy atom. The summed E-state index contributed by atoms with van der Waals surface area (Å²) in [6, 6.07) is 1.85. The van der Waals surface area contributed by atoms with E-state index in [0.717, 1.165) is 0 Å². The molecule has 1 amide bonds. The van der Waals surface area contributed by atoms with Crippen LogP contribution in [0.3, 0.4) is 0 Å². The summed E-state index contributed by atoms with van der Waals surface area (Å²) < 4.78 is 0. The van der Waals surface area contributed by atoms with Crippen LogP contribution in [0.2, 0.25) is 0 Å². The Kier molecular flexibility index (Phi) is 3.51. The topological polar surface area (TPSA) is 93.4 Å². The smallest absolute Gasteiger partial charge is 0.407 e. The first-order chi connectivity index (χ1) is 9.02. The number of nitrogens with zero attached hydrogens (tertiary/aromatic N) is 5. The number of piperazine rings is 1. The van der Waals surface area contributed by atoms with Crippen LogP contribution < -0.4 is 4.90 Å². The molecule has 1 aliphatic rings. The van der Waals surface area contributed by atoms with Crippen LogP contribution in [0.15, 0.2) is 12.4 Å². The molecule has 1 N–H and O–H groups in total. The lowest BCUT2D eigenvalue weighted by Gasteiger charge is -2.42. The van der Waals surface area contributed by atoms with E-state index in [2.05, 4.69) is 9.97 Å². The van der Waals surface area contributed by atoms with E-state index >= 15 is 0 Å². The fraction of sp³-hybridized carbons (Fsp3) is 0.500. The molecule has 1 saturated heterocycles. The maximum atomic E-state index is 11.1. The summed E-state index contributed by atoms with van der Waals surface area (Å²) in [4.78, 5) is 22.8. The van der Waals surface area contributed by atoms with E-state index in [-0.39, 0.29) is 12.1 Å². The van der Waals surface area contributed by atoms with Crippen LogP contribution >= 0.6 is 0 Å². The van der Waals surface area contributed by atoms with E-state index in [0.29, 0.717) is 24.6 Å². The number of rotatable bonds is 1. The molecular formula is C12H15N5O2. The molecule has 0 aliphatic carbocycles. The Hall–Kier alpha value is -2.36. The Labute approximate surface area is 111 Å². The molecule has 1 aromatic heterocycles. The van der Waals surface area contributed by atoms with Crippen molar-refractivity contribution >= 4 is 12.0 Å². The molecule has 1 aromatic rings. The zero-order valence-electron chi connectivity index (χ0n) is 10.8. The van der Waals surface area contributed by atoms with Crippen molar-refractivity contribution in [1.29, 1.82) is 5.26 Å². The Morgan fingerprint density at radius 1 is 1.37 bits per heavy atom. The van der Waals surface area contributed by atoms with Gasteiger partial charge in [-0.2, -0.15) is 5.26 Å². The minimum atomic E-state index is -0.903. The lowest BCUT2D eigenvalue weighted by atomic mass is 10.1. The van der Waals surface area contributed by atoms with Gasteiger partial charge in [0.1, 0.15) is 6.07 Å². The molecule has 100 valence electrons. The van der Waals surface area contributed by atoms with E-state index in [4.69, 9.17) is 10.4 Å². The highest BCUT2D eigenvalue weighted by molar-refractivity contribution is 5.66. The van der Waals surface area contributed by atoms with Gasteiger partial charge in [-0.25, -0.2) is 14.8 Å². The van der Waals surface area contributed by atoms with Crippen molar-refractivity contribution in [2.24, 2.45) is 0 Å². The van der Waals surface area contributed by atoms with Gasteiger partial charge >= 0.3 is 6.09 Å². The van der Waals surface area contributed by atoms with Gasteiger partial charge in [0.15, 0.2) is 0 Å². The second-order valence-electron chi connectivity index (χ2n) is 4.67. The third kappa shape index (κ3) is 2.57. The number of amides is 1. The predicted molar refractivity (Wildman–Crippen MR) is 67.7 cm³/mol. The second-order valence-corrected chi connectivity index (χ2v) is 4.67. The molecule has 2 heterocycles. The summed E-state index contributed by atoms with van der Waals surface area (Å²) in [5.74, 6) is 0.531. The first kappa shape index (κ1) is 13.1. The van der Waals surface area contributed by atoms with Crippen LogP contribution in [0.5, 0.6) is 0 Å². The third-order valence-corrected chi connectivity index (χ3v) is 3.26. The van der Waals surface area contributed by atoms with Crippen molar-refractivity contribution in [3.05, 3.63) is 18.0 Å². The van der Waals surface area contributed by atoms with Crippen LogP contribution in [-0.2, 0) is 0 Å². The highest BCUT2D eigenvalue weighted by Crippen LogP contribution is 2.19. The minimum Gasteiger partial charge on any atom is -0.465 e. The molecular weight excluding hydrogens is 246 g/mol. The van der Waals surface area contributed by atoms with Gasteiger partial charge in [0, 0.05) is 25.2 Å². The fourth-order valence-electron chi connectivity index (χ4n) is 2.20. The van der Waals surface area contributed by atoms with Crippen molar-refractivity contribution in [2.45, 2.75) is 25.9 Å². The lowest BCUT2D eigenvalue weighted by Crippen LogP contribution is -2.58. The van der Waals surface area contributed by atoms with Crippen molar-refractivity contribution in [2.75, 3.05) is 18.0 Å². The summed E-state index contributed by atoms with van der Waals surface area (Å²) in [6.45, 7) is 4.75. The van der Waals surface area contributed by atoms with Gasteiger partial charge in [0.25, 0.3) is 0 Å². The van der Waals surface area contributed by atoms with Crippen LogP contribution in [0, 0.1) is 11.3 Å². The molecule has 7 nitrogen and oxygen atoms in total.